The van der Waals surface area contributed by atoms with Crippen molar-refractivity contribution < 1.29 is 29.6 Å². The Bertz CT molecular complexity index is 275. The summed E-state index contributed by atoms with van der Waals surface area (Å²) in [6, 6.07) is 0. The van der Waals surface area contributed by atoms with Crippen molar-refractivity contribution in [1.82, 2.24) is 5.32 Å². The van der Waals surface area contributed by atoms with Gasteiger partial charge < -0.3 is 25.4 Å². The Labute approximate surface area is 92.3 Å². The van der Waals surface area contributed by atoms with Crippen molar-refractivity contribution in [2.75, 3.05) is 19.8 Å². The van der Waals surface area contributed by atoms with Crippen molar-refractivity contribution in [3.05, 3.63) is 11.8 Å². The fourth-order valence-electron chi connectivity index (χ4n) is 0.716. The van der Waals surface area contributed by atoms with E-state index >= 15 is 0 Å². The van der Waals surface area contributed by atoms with E-state index in [1.807, 2.05) is 0 Å². The SMILES string of the molecule is C/C(=C\C(=O)OCC(O)CO)NCC(=O)O. The molecule has 0 aliphatic heterocycles. The topological polar surface area (TPSA) is 116 Å². The number of ether oxygens (including phenoxy) is 1. The third-order valence-electron chi connectivity index (χ3n) is 1.48. The molecule has 0 amide bonds. The van der Waals surface area contributed by atoms with Gasteiger partial charge in [0.15, 0.2) is 0 Å². The summed E-state index contributed by atoms with van der Waals surface area (Å²) >= 11 is 0. The quantitative estimate of drug-likeness (QED) is 0.311. The van der Waals surface area contributed by atoms with E-state index in [1.54, 1.807) is 0 Å². The Hall–Kier alpha value is -1.60. The number of rotatable bonds is 7. The maximum Gasteiger partial charge on any atom is 0.332 e. The minimum Gasteiger partial charge on any atom is -0.480 e. The summed E-state index contributed by atoms with van der Waals surface area (Å²) < 4.78 is 4.56. The molecule has 16 heavy (non-hydrogen) atoms. The van der Waals surface area contributed by atoms with Gasteiger partial charge in [0.25, 0.3) is 0 Å². The van der Waals surface area contributed by atoms with Crippen LogP contribution in [0.1, 0.15) is 6.92 Å². The lowest BCUT2D eigenvalue weighted by Crippen LogP contribution is -2.23. The van der Waals surface area contributed by atoms with Crippen molar-refractivity contribution in [1.29, 1.82) is 0 Å². The predicted octanol–water partition coefficient (Wildman–Crippen LogP) is -1.54. The van der Waals surface area contributed by atoms with Crippen LogP contribution in [0.4, 0.5) is 0 Å². The monoisotopic (exact) mass is 233 g/mol. The molecular weight excluding hydrogens is 218 g/mol. The summed E-state index contributed by atoms with van der Waals surface area (Å²) in [5, 5.41) is 28.1. The maximum atomic E-state index is 11.0. The van der Waals surface area contributed by atoms with Gasteiger partial charge in [0.05, 0.1) is 6.61 Å². The standard InChI is InChI=1S/C9H15NO6/c1-6(10-3-8(13)14)2-9(15)16-5-7(12)4-11/h2,7,10-12H,3-5H2,1H3,(H,13,14)/b6-2+. The summed E-state index contributed by atoms with van der Waals surface area (Å²) in [5.41, 5.74) is 0.339. The van der Waals surface area contributed by atoms with Crippen molar-refractivity contribution >= 4 is 11.9 Å². The first-order valence-corrected chi connectivity index (χ1v) is 4.55. The molecule has 0 bridgehead atoms. The van der Waals surface area contributed by atoms with Crippen LogP contribution in [0, 0.1) is 0 Å². The third-order valence-corrected chi connectivity index (χ3v) is 1.48. The van der Waals surface area contributed by atoms with Crippen LogP contribution in [-0.4, -0.2) is 53.1 Å². The molecule has 7 nitrogen and oxygen atoms in total. The van der Waals surface area contributed by atoms with Gasteiger partial charge in [-0.15, -0.1) is 0 Å². The highest BCUT2D eigenvalue weighted by Crippen LogP contribution is 1.91. The fourth-order valence-corrected chi connectivity index (χ4v) is 0.716. The Kier molecular flexibility index (Phi) is 6.89. The predicted molar refractivity (Wildman–Crippen MR) is 53.4 cm³/mol. The van der Waals surface area contributed by atoms with E-state index in [0.717, 1.165) is 6.08 Å². The van der Waals surface area contributed by atoms with Crippen LogP contribution >= 0.6 is 0 Å². The second kappa shape index (κ2) is 7.66. The number of aliphatic hydroxyl groups excluding tert-OH is 2. The number of nitrogens with one attached hydrogen (secondary N) is 1. The van der Waals surface area contributed by atoms with E-state index < -0.39 is 24.6 Å². The molecule has 0 saturated carbocycles. The van der Waals surface area contributed by atoms with E-state index in [4.69, 9.17) is 15.3 Å². The minimum absolute atomic E-state index is 0.297. The number of carboxylic acids is 1. The summed E-state index contributed by atoms with van der Waals surface area (Å²) in [7, 11) is 0. The zero-order valence-electron chi connectivity index (χ0n) is 8.84. The molecule has 0 aliphatic carbocycles. The maximum absolute atomic E-state index is 11.0. The zero-order valence-corrected chi connectivity index (χ0v) is 8.84. The second-order valence-electron chi connectivity index (χ2n) is 3.04. The van der Waals surface area contributed by atoms with Crippen LogP contribution in [0.25, 0.3) is 0 Å². The van der Waals surface area contributed by atoms with Gasteiger partial charge in [0.1, 0.15) is 19.3 Å². The molecule has 0 saturated heterocycles. The number of carboxylic acid groups (broad SMARTS) is 1. The molecule has 0 heterocycles. The molecule has 0 fully saturated rings. The first-order valence-electron chi connectivity index (χ1n) is 4.55. The van der Waals surface area contributed by atoms with Crippen LogP contribution < -0.4 is 5.32 Å². The summed E-state index contributed by atoms with van der Waals surface area (Å²) in [6.45, 7) is 0.410. The highest BCUT2D eigenvalue weighted by molar-refractivity contribution is 5.82. The molecule has 92 valence electrons. The van der Waals surface area contributed by atoms with Gasteiger partial charge >= 0.3 is 11.9 Å². The molecule has 0 spiro atoms. The smallest absolute Gasteiger partial charge is 0.332 e. The number of aliphatic carboxylic acids is 1. The largest absolute Gasteiger partial charge is 0.480 e. The molecule has 0 aromatic carbocycles. The average Bonchev–Trinajstić information content (AvgIpc) is 2.23. The normalized spacial score (nSPS) is 13.1. The number of hydrogen-bond acceptors (Lipinski definition) is 6. The van der Waals surface area contributed by atoms with Crippen LogP contribution in [0.2, 0.25) is 0 Å². The van der Waals surface area contributed by atoms with Crippen molar-refractivity contribution in [2.45, 2.75) is 13.0 Å². The molecule has 1 atom stereocenters. The zero-order chi connectivity index (χ0) is 12.6. The van der Waals surface area contributed by atoms with E-state index in [-0.39, 0.29) is 13.2 Å². The molecule has 4 N–H and O–H groups in total. The van der Waals surface area contributed by atoms with Crippen LogP contribution in [0.15, 0.2) is 11.8 Å². The Morgan fingerprint density at radius 3 is 2.62 bits per heavy atom. The first kappa shape index (κ1) is 14.4. The summed E-state index contributed by atoms with van der Waals surface area (Å²) in [6.07, 6.45) is -0.0443. The van der Waals surface area contributed by atoms with Crippen LogP contribution in [0.5, 0.6) is 0 Å². The lowest BCUT2D eigenvalue weighted by atomic mass is 10.4. The van der Waals surface area contributed by atoms with Crippen molar-refractivity contribution in [2.24, 2.45) is 0 Å². The molecule has 0 radical (unpaired) electrons. The van der Waals surface area contributed by atoms with Gasteiger partial charge in [-0.3, -0.25) is 4.79 Å². The molecule has 0 rings (SSSR count). The lowest BCUT2D eigenvalue weighted by molar-refractivity contribution is -0.141. The van der Waals surface area contributed by atoms with Gasteiger partial charge in [0, 0.05) is 11.8 Å². The Balaban J connectivity index is 3.91. The van der Waals surface area contributed by atoms with Gasteiger partial charge in [-0.2, -0.15) is 0 Å². The lowest BCUT2D eigenvalue weighted by Gasteiger charge is -2.07. The fraction of sp³-hybridized carbons (Fsp3) is 0.556. The van der Waals surface area contributed by atoms with Gasteiger partial charge in [-0.25, -0.2) is 4.79 Å². The summed E-state index contributed by atoms with van der Waals surface area (Å²) in [4.78, 5) is 21.2. The average molecular weight is 233 g/mol. The van der Waals surface area contributed by atoms with Crippen LogP contribution in [0.3, 0.4) is 0 Å². The Morgan fingerprint density at radius 2 is 2.12 bits per heavy atom. The van der Waals surface area contributed by atoms with E-state index in [9.17, 15) is 9.59 Å². The van der Waals surface area contributed by atoms with Gasteiger partial charge in [-0.1, -0.05) is 0 Å². The number of allylic oxidation sites excluding steroid dienone is 1. The highest BCUT2D eigenvalue weighted by Gasteiger charge is 2.06. The van der Waals surface area contributed by atoms with E-state index in [1.165, 1.54) is 6.92 Å². The van der Waals surface area contributed by atoms with Crippen molar-refractivity contribution in [3.8, 4) is 0 Å². The Morgan fingerprint density at radius 1 is 1.50 bits per heavy atom. The second-order valence-corrected chi connectivity index (χ2v) is 3.04. The van der Waals surface area contributed by atoms with E-state index in [2.05, 4.69) is 10.1 Å². The first-order chi connectivity index (χ1) is 7.45. The molecular formula is C9H15NO6. The molecule has 0 aliphatic rings. The number of carbonyl (C=O) groups excluding carboxylic acids is 1. The van der Waals surface area contributed by atoms with Gasteiger partial charge in [-0.05, 0) is 6.92 Å². The third kappa shape index (κ3) is 7.77. The highest BCUT2D eigenvalue weighted by atomic mass is 16.5. The number of aliphatic hydroxyl groups is 2. The number of esters is 1. The molecule has 1 unspecified atom stereocenters. The van der Waals surface area contributed by atoms with Crippen LogP contribution in [-0.2, 0) is 14.3 Å². The van der Waals surface area contributed by atoms with Gasteiger partial charge in [0.2, 0.25) is 0 Å². The summed E-state index contributed by atoms with van der Waals surface area (Å²) in [5.74, 6) is -1.76. The minimum atomic E-state index is -1.11. The molecule has 7 heteroatoms. The molecule has 0 aromatic heterocycles. The number of hydrogen-bond donors (Lipinski definition) is 4. The van der Waals surface area contributed by atoms with Crippen molar-refractivity contribution in [3.63, 3.8) is 0 Å². The number of carbonyl (C=O) groups is 2. The van der Waals surface area contributed by atoms with E-state index in [0.29, 0.717) is 5.70 Å². The molecule has 0 aromatic rings.